The molecule has 0 spiro atoms. The number of hydrogen-bond donors (Lipinski definition) is 1. The normalized spacial score (nSPS) is 21.5. The molecule has 1 aliphatic heterocycles. The average molecular weight is 462 g/mol. The van der Waals surface area contributed by atoms with Crippen LogP contribution < -0.4 is 4.74 Å². The molecule has 0 unspecified atom stereocenters. The minimum absolute atomic E-state index is 0.0122. The largest absolute Gasteiger partial charge is 0.487 e. The summed E-state index contributed by atoms with van der Waals surface area (Å²) in [5.41, 5.74) is 1.68. The first-order valence-electron chi connectivity index (χ1n) is 10.8. The Balaban J connectivity index is 2.11. The van der Waals surface area contributed by atoms with Gasteiger partial charge in [-0.2, -0.15) is 4.31 Å². The fourth-order valence-electron chi connectivity index (χ4n) is 3.81. The predicted octanol–water partition coefficient (Wildman–Crippen LogP) is 2.39. The van der Waals surface area contributed by atoms with Gasteiger partial charge in [0.05, 0.1) is 13.2 Å². The molecule has 8 nitrogen and oxygen atoms in total. The van der Waals surface area contributed by atoms with Crippen molar-refractivity contribution in [2.24, 2.45) is 5.92 Å². The summed E-state index contributed by atoms with van der Waals surface area (Å²) in [5, 5.41) is 9.73. The molecular weight excluding hydrogens is 430 g/mol. The van der Waals surface area contributed by atoms with E-state index in [4.69, 9.17) is 4.74 Å². The van der Waals surface area contributed by atoms with Gasteiger partial charge in [-0.25, -0.2) is 8.42 Å². The molecule has 1 amide bonds. The number of nitrogens with zero attached hydrogens (tertiary/aromatic N) is 3. The summed E-state index contributed by atoms with van der Waals surface area (Å²) in [4.78, 5) is 17.9. The number of amides is 1. The summed E-state index contributed by atoms with van der Waals surface area (Å²) >= 11 is 0. The highest BCUT2D eigenvalue weighted by atomic mass is 32.2. The van der Waals surface area contributed by atoms with Gasteiger partial charge in [-0.15, -0.1) is 0 Å². The Morgan fingerprint density at radius 1 is 1.28 bits per heavy atom. The fraction of sp³-hybridized carbons (Fsp3) is 0.478. The molecule has 1 aliphatic rings. The van der Waals surface area contributed by atoms with Gasteiger partial charge in [-0.1, -0.05) is 19.9 Å². The van der Waals surface area contributed by atoms with Crippen molar-refractivity contribution in [2.45, 2.75) is 44.2 Å². The molecule has 3 rings (SSSR count). The second-order valence-corrected chi connectivity index (χ2v) is 10.1. The van der Waals surface area contributed by atoms with Crippen molar-refractivity contribution >= 4 is 15.9 Å². The fourth-order valence-corrected chi connectivity index (χ4v) is 5.63. The first-order chi connectivity index (χ1) is 15.2. The third-order valence-corrected chi connectivity index (χ3v) is 7.88. The van der Waals surface area contributed by atoms with Crippen LogP contribution in [0.4, 0.5) is 0 Å². The van der Waals surface area contributed by atoms with Gasteiger partial charge in [-0.05, 0) is 42.3 Å². The zero-order valence-corrected chi connectivity index (χ0v) is 19.7. The third kappa shape index (κ3) is 4.95. The smallest absolute Gasteiger partial charge is 0.247 e. The van der Waals surface area contributed by atoms with Gasteiger partial charge >= 0.3 is 0 Å². The zero-order valence-electron chi connectivity index (χ0n) is 18.9. The number of hydrogen-bond acceptors (Lipinski definition) is 6. The van der Waals surface area contributed by atoms with Crippen molar-refractivity contribution in [2.75, 3.05) is 26.7 Å². The van der Waals surface area contributed by atoms with Crippen molar-refractivity contribution in [3.05, 3.63) is 42.7 Å². The number of carbonyl (C=O) groups excluding carboxylic acids is 1. The van der Waals surface area contributed by atoms with Gasteiger partial charge in [-0.3, -0.25) is 9.78 Å². The van der Waals surface area contributed by atoms with Crippen LogP contribution in [0, 0.1) is 5.92 Å². The minimum Gasteiger partial charge on any atom is -0.487 e. The lowest BCUT2D eigenvalue weighted by Gasteiger charge is -2.37. The summed E-state index contributed by atoms with van der Waals surface area (Å²) in [6.07, 6.45) is 3.29. The van der Waals surface area contributed by atoms with Gasteiger partial charge in [0.15, 0.2) is 0 Å². The number of aromatic nitrogens is 1. The molecule has 0 saturated carbocycles. The van der Waals surface area contributed by atoms with Crippen molar-refractivity contribution in [3.8, 4) is 16.9 Å². The van der Waals surface area contributed by atoms with E-state index in [0.717, 1.165) is 11.1 Å². The first-order valence-corrected chi connectivity index (χ1v) is 12.2. The summed E-state index contributed by atoms with van der Waals surface area (Å²) in [6.45, 7) is 5.59. The Bertz CT molecular complexity index is 1040. The van der Waals surface area contributed by atoms with E-state index >= 15 is 0 Å². The molecule has 3 atom stereocenters. The van der Waals surface area contributed by atoms with E-state index in [1.165, 1.54) is 4.31 Å². The van der Waals surface area contributed by atoms with Crippen LogP contribution in [0.25, 0.3) is 11.1 Å². The molecule has 0 radical (unpaired) electrons. The predicted molar refractivity (Wildman–Crippen MR) is 122 cm³/mol. The molecule has 0 fully saturated rings. The molecular formula is C23H31N3O5S. The van der Waals surface area contributed by atoms with Crippen LogP contribution in [0.1, 0.15) is 27.2 Å². The number of pyridine rings is 1. The number of benzene rings is 1. The minimum atomic E-state index is -3.90. The Kier molecular flexibility index (Phi) is 7.53. The van der Waals surface area contributed by atoms with E-state index in [9.17, 15) is 18.3 Å². The monoisotopic (exact) mass is 461 g/mol. The summed E-state index contributed by atoms with van der Waals surface area (Å²) in [6, 6.07) is 8.09. The lowest BCUT2D eigenvalue weighted by molar-refractivity contribution is -0.131. The molecule has 0 bridgehead atoms. The molecule has 0 aliphatic carbocycles. The molecule has 1 aromatic carbocycles. The number of fused-ring (bicyclic) bond motifs is 1. The number of aliphatic hydroxyl groups is 1. The molecule has 1 aromatic heterocycles. The van der Waals surface area contributed by atoms with Crippen molar-refractivity contribution < 1.29 is 23.1 Å². The lowest BCUT2D eigenvalue weighted by atomic mass is 10.0. The summed E-state index contributed by atoms with van der Waals surface area (Å²) in [7, 11) is -2.18. The van der Waals surface area contributed by atoms with Crippen LogP contribution in [0.3, 0.4) is 0 Å². The maximum atomic E-state index is 13.5. The van der Waals surface area contributed by atoms with E-state index in [2.05, 4.69) is 4.98 Å². The van der Waals surface area contributed by atoms with Crippen LogP contribution >= 0.6 is 0 Å². The van der Waals surface area contributed by atoms with E-state index in [0.29, 0.717) is 13.0 Å². The molecule has 2 aromatic rings. The number of aliphatic hydroxyl groups excluding tert-OH is 1. The lowest BCUT2D eigenvalue weighted by Crippen LogP contribution is -2.50. The van der Waals surface area contributed by atoms with E-state index in [1.807, 2.05) is 19.1 Å². The molecule has 2 heterocycles. The van der Waals surface area contributed by atoms with Gasteiger partial charge in [0.2, 0.25) is 15.9 Å². The number of ether oxygens (including phenoxy) is 1. The quantitative estimate of drug-likeness (QED) is 0.709. The number of rotatable bonds is 6. The van der Waals surface area contributed by atoms with Gasteiger partial charge in [0.25, 0.3) is 0 Å². The third-order valence-electron chi connectivity index (χ3n) is 5.86. The van der Waals surface area contributed by atoms with E-state index in [-0.39, 0.29) is 35.6 Å². The van der Waals surface area contributed by atoms with Crippen LogP contribution in [0.15, 0.2) is 47.6 Å². The number of likely N-dealkylation sites (N-methyl/N-ethyl adjacent to an activating group) is 1. The van der Waals surface area contributed by atoms with Crippen molar-refractivity contribution in [3.63, 3.8) is 0 Å². The van der Waals surface area contributed by atoms with Crippen molar-refractivity contribution in [1.82, 2.24) is 14.2 Å². The Morgan fingerprint density at radius 3 is 2.59 bits per heavy atom. The highest BCUT2D eigenvalue weighted by Crippen LogP contribution is 2.36. The van der Waals surface area contributed by atoms with Crippen LogP contribution in [-0.2, 0) is 14.8 Å². The van der Waals surface area contributed by atoms with Crippen LogP contribution in [0.5, 0.6) is 5.75 Å². The Hall–Kier alpha value is -2.49. The van der Waals surface area contributed by atoms with Gasteiger partial charge in [0.1, 0.15) is 16.7 Å². The number of carbonyl (C=O) groups is 1. The molecule has 0 saturated heterocycles. The summed E-state index contributed by atoms with van der Waals surface area (Å²) in [5.74, 6) is 0.00813. The molecule has 174 valence electrons. The Labute approximate surface area is 189 Å². The van der Waals surface area contributed by atoms with Gasteiger partial charge in [0, 0.05) is 44.4 Å². The zero-order chi connectivity index (χ0) is 23.5. The average Bonchev–Trinajstić information content (AvgIpc) is 2.80. The topological polar surface area (TPSA) is 100 Å². The highest BCUT2D eigenvalue weighted by Gasteiger charge is 2.38. The van der Waals surface area contributed by atoms with Crippen LogP contribution in [-0.4, -0.2) is 72.5 Å². The van der Waals surface area contributed by atoms with Crippen molar-refractivity contribution in [1.29, 1.82) is 0 Å². The molecule has 1 N–H and O–H groups in total. The maximum absolute atomic E-state index is 13.5. The first kappa shape index (κ1) is 24.2. The van der Waals surface area contributed by atoms with Gasteiger partial charge < -0.3 is 14.7 Å². The second-order valence-electron chi connectivity index (χ2n) is 8.27. The van der Waals surface area contributed by atoms with E-state index in [1.54, 1.807) is 56.4 Å². The summed E-state index contributed by atoms with van der Waals surface area (Å²) < 4.78 is 34.7. The number of sulfonamides is 1. The Morgan fingerprint density at radius 2 is 1.97 bits per heavy atom. The molecule has 32 heavy (non-hydrogen) atoms. The second kappa shape index (κ2) is 9.97. The van der Waals surface area contributed by atoms with Crippen LogP contribution in [0.2, 0.25) is 0 Å². The SMILES string of the molecule is CCC(=O)N(C)C[C@@H]1Oc2cc(-c3ccncc3)ccc2S(=O)(=O)N([C@@H](C)CO)C[C@@H]1C. The van der Waals surface area contributed by atoms with E-state index < -0.39 is 22.2 Å². The standard InChI is InChI=1S/C23H31N3O5S/c1-5-23(28)25(4)14-21-16(2)13-26(17(3)15-27)32(29,30)22-7-6-19(12-20(22)31-21)18-8-10-24-11-9-18/h6-12,16-17,21,27H,5,13-15H2,1-4H3/t16-,17-,21-/m0/s1. The molecule has 9 heteroatoms. The highest BCUT2D eigenvalue weighted by molar-refractivity contribution is 7.89. The maximum Gasteiger partial charge on any atom is 0.247 e.